The molecule has 4 aromatic rings. The molecule has 7 rings (SSSR count). The van der Waals surface area contributed by atoms with Crippen LogP contribution in [0.25, 0.3) is 0 Å². The molecule has 1 aromatic heterocycles. The number of carbonyl (C=O) groups excluding carboxylic acids is 9. The maximum atomic E-state index is 14.1. The van der Waals surface area contributed by atoms with E-state index < -0.39 is 53.6 Å². The Balaban J connectivity index is 0.0000140. The molecule has 3 fully saturated rings. The number of hydrogen-bond donors (Lipinski definition) is 9. The summed E-state index contributed by atoms with van der Waals surface area (Å²) in [4.78, 5) is 140. The molecule has 0 bridgehead atoms. The third-order valence-electron chi connectivity index (χ3n) is 16.1. The highest BCUT2D eigenvalue weighted by Crippen LogP contribution is 2.29. The number of methoxy groups -OCH3 is 6. The maximum Gasteiger partial charge on any atom is 0.252 e. The van der Waals surface area contributed by atoms with Crippen molar-refractivity contribution in [2.75, 3.05) is 116 Å². The van der Waals surface area contributed by atoms with Gasteiger partial charge in [0.2, 0.25) is 53.3 Å². The zero-order valence-corrected chi connectivity index (χ0v) is 54.2. The second-order valence-corrected chi connectivity index (χ2v) is 22.7. The topological polar surface area (TPSA) is 366 Å². The summed E-state index contributed by atoms with van der Waals surface area (Å²) < 4.78 is 32.1. The largest absolute Gasteiger partial charge is 0.497 e. The zero-order valence-electron chi connectivity index (χ0n) is 54.2. The standard InChI is InChI=1S/C63H87N15O15.CH4/c1-37(79)64-19-10-52(70-55(82)40-28-46(88-4)34-47(29-40)89-5)58(85)67-43-13-22-76(23-14-43)61-73-62(77-24-15-44(16-25-77)68-59(86)53(11-20-65-38(2)80)71-56(83)41-30-48(90-6)35-49(31-41)91-7)75-63(74-61)78-26-17-45(18-27-78)69-60(87)54(12-21-66-39(3)81)72-57(84)42-32-50(92-8)36-51(33-42)93-9;/h28-36,43-45,52-54H,10-27H2,1-9H3,(H,64,79)(H,65,80)(H,66,81)(H,67,85)(H,68,86)(H,69,87)(H,70,82)(H,71,83)(H,72,84);1H4/t52-,53-,54-;/m0./s1. The van der Waals surface area contributed by atoms with E-state index in [9.17, 15) is 43.2 Å². The van der Waals surface area contributed by atoms with Crippen molar-refractivity contribution in [3.05, 3.63) is 71.3 Å². The molecule has 3 atom stereocenters. The molecule has 94 heavy (non-hydrogen) atoms. The molecule has 512 valence electrons. The van der Waals surface area contributed by atoms with Gasteiger partial charge in [-0.3, -0.25) is 43.2 Å². The molecule has 0 aliphatic carbocycles. The van der Waals surface area contributed by atoms with Crippen molar-refractivity contribution in [2.45, 2.75) is 122 Å². The number of piperidine rings is 3. The summed E-state index contributed by atoms with van der Waals surface area (Å²) in [6.45, 7) is 7.06. The highest BCUT2D eigenvalue weighted by atomic mass is 16.5. The number of nitrogens with zero attached hydrogens (tertiary/aromatic N) is 6. The predicted molar refractivity (Wildman–Crippen MR) is 349 cm³/mol. The Morgan fingerprint density at radius 3 is 0.787 bits per heavy atom. The molecule has 30 heteroatoms. The first-order valence-corrected chi connectivity index (χ1v) is 31.0. The lowest BCUT2D eigenvalue weighted by Crippen LogP contribution is -2.53. The van der Waals surface area contributed by atoms with E-state index in [-0.39, 0.29) is 98.9 Å². The number of carbonyl (C=O) groups is 9. The molecular weight excluding hydrogens is 1220 g/mol. The number of rotatable bonds is 30. The van der Waals surface area contributed by atoms with Gasteiger partial charge in [-0.15, -0.1) is 0 Å². The van der Waals surface area contributed by atoms with Gasteiger partial charge in [0.1, 0.15) is 52.6 Å². The third-order valence-corrected chi connectivity index (χ3v) is 16.1. The molecular formula is C64H91N15O15. The predicted octanol–water partition coefficient (Wildman–Crippen LogP) is 1.79. The average Bonchev–Trinajstić information content (AvgIpc) is 0.888. The molecule has 9 amide bonds. The van der Waals surface area contributed by atoms with E-state index in [2.05, 4.69) is 47.9 Å². The Morgan fingerprint density at radius 1 is 0.383 bits per heavy atom. The van der Waals surface area contributed by atoms with Crippen LogP contribution in [-0.4, -0.2) is 206 Å². The molecule has 4 heterocycles. The van der Waals surface area contributed by atoms with Crippen LogP contribution >= 0.6 is 0 Å². The van der Waals surface area contributed by atoms with Gasteiger partial charge in [0, 0.05) is 133 Å². The van der Waals surface area contributed by atoms with Gasteiger partial charge < -0.3 is 91.0 Å². The fourth-order valence-electron chi connectivity index (χ4n) is 10.9. The lowest BCUT2D eigenvalue weighted by Gasteiger charge is -2.37. The van der Waals surface area contributed by atoms with Crippen LogP contribution in [0.2, 0.25) is 0 Å². The smallest absolute Gasteiger partial charge is 0.252 e. The first-order chi connectivity index (χ1) is 44.7. The van der Waals surface area contributed by atoms with Gasteiger partial charge in [0.25, 0.3) is 17.7 Å². The van der Waals surface area contributed by atoms with Crippen molar-refractivity contribution in [3.8, 4) is 34.5 Å². The van der Waals surface area contributed by atoms with Crippen LogP contribution in [-0.2, 0) is 28.8 Å². The lowest BCUT2D eigenvalue weighted by atomic mass is 10.0. The van der Waals surface area contributed by atoms with Gasteiger partial charge in [-0.25, -0.2) is 0 Å². The minimum absolute atomic E-state index is 0. The highest BCUT2D eigenvalue weighted by molar-refractivity contribution is 6.00. The van der Waals surface area contributed by atoms with Crippen LogP contribution in [0.3, 0.4) is 0 Å². The summed E-state index contributed by atoms with van der Waals surface area (Å²) in [6, 6.07) is 10.1. The van der Waals surface area contributed by atoms with E-state index in [0.29, 0.717) is 130 Å². The van der Waals surface area contributed by atoms with E-state index in [4.69, 9.17) is 43.4 Å². The summed E-state index contributed by atoms with van der Waals surface area (Å²) in [5, 5.41) is 26.0. The number of hydrogen-bond acceptors (Lipinski definition) is 21. The molecule has 0 spiro atoms. The van der Waals surface area contributed by atoms with Crippen molar-refractivity contribution in [2.24, 2.45) is 0 Å². The summed E-state index contributed by atoms with van der Waals surface area (Å²) in [5.74, 6) is -0.217. The Labute approximate surface area is 547 Å². The normalized spacial score (nSPS) is 15.2. The van der Waals surface area contributed by atoms with Crippen molar-refractivity contribution < 1.29 is 71.6 Å². The SMILES string of the molecule is C.COc1cc(OC)cc(C(=O)N[C@@H](CCNC(C)=O)C(=O)NC2CCN(c3nc(N4CCC(NC(=O)[C@H](CCNC(C)=O)NC(=O)c5cc(OC)cc(OC)c5)CC4)nc(N4CCC(NC(=O)[C@H](CCNC(C)=O)NC(=O)c5cc(OC)cc(OC)c5)CC4)n3)CC2)c1. The molecule has 0 unspecified atom stereocenters. The second-order valence-electron chi connectivity index (χ2n) is 22.7. The minimum atomic E-state index is -1.01. The van der Waals surface area contributed by atoms with Gasteiger partial charge in [-0.05, 0) is 94.2 Å². The van der Waals surface area contributed by atoms with E-state index in [1.54, 1.807) is 18.2 Å². The Hall–Kier alpha value is -9.90. The first kappa shape index (κ1) is 73.2. The number of nitrogens with one attached hydrogen (secondary N) is 9. The van der Waals surface area contributed by atoms with Crippen molar-refractivity contribution in [1.82, 2.24) is 62.8 Å². The van der Waals surface area contributed by atoms with Crippen molar-refractivity contribution in [1.29, 1.82) is 0 Å². The lowest BCUT2D eigenvalue weighted by molar-refractivity contribution is -0.125. The molecule has 3 aromatic carbocycles. The molecule has 0 saturated carbocycles. The van der Waals surface area contributed by atoms with E-state index in [1.807, 2.05) is 14.7 Å². The molecule has 30 nitrogen and oxygen atoms in total. The maximum absolute atomic E-state index is 14.1. The second kappa shape index (κ2) is 35.8. The van der Waals surface area contributed by atoms with Gasteiger partial charge in [-0.2, -0.15) is 15.0 Å². The third kappa shape index (κ3) is 21.6. The van der Waals surface area contributed by atoms with Crippen LogP contribution < -0.4 is 91.0 Å². The molecule has 3 aliphatic heterocycles. The zero-order chi connectivity index (χ0) is 67.1. The number of benzene rings is 3. The van der Waals surface area contributed by atoms with E-state index >= 15 is 0 Å². The minimum Gasteiger partial charge on any atom is -0.497 e. The number of aromatic nitrogens is 3. The molecule has 3 aliphatic rings. The fourth-order valence-corrected chi connectivity index (χ4v) is 10.9. The highest BCUT2D eigenvalue weighted by Gasteiger charge is 2.33. The van der Waals surface area contributed by atoms with E-state index in [1.165, 1.54) is 99.8 Å². The number of amides is 9. The van der Waals surface area contributed by atoms with Crippen LogP contribution in [0.1, 0.15) is 117 Å². The fraction of sp³-hybridized carbons (Fsp3) is 0.531. The summed E-state index contributed by atoms with van der Waals surface area (Å²) in [7, 11) is 8.79. The van der Waals surface area contributed by atoms with Crippen LogP contribution in [0.15, 0.2) is 54.6 Å². The number of anilines is 3. The summed E-state index contributed by atoms with van der Waals surface area (Å²) >= 11 is 0. The van der Waals surface area contributed by atoms with Gasteiger partial charge in [0.05, 0.1) is 42.7 Å². The monoisotopic (exact) mass is 1310 g/mol. The Morgan fingerprint density at radius 2 is 0.596 bits per heavy atom. The number of ether oxygens (including phenoxy) is 6. The summed E-state index contributed by atoms with van der Waals surface area (Å²) in [5.41, 5.74) is 0.642. The quantitative estimate of drug-likeness (QED) is 0.0359. The van der Waals surface area contributed by atoms with Crippen LogP contribution in [0.4, 0.5) is 17.8 Å². The Kier molecular flexibility index (Phi) is 27.9. The van der Waals surface area contributed by atoms with Crippen LogP contribution in [0, 0.1) is 0 Å². The van der Waals surface area contributed by atoms with Gasteiger partial charge in [0.15, 0.2) is 0 Å². The summed E-state index contributed by atoms with van der Waals surface area (Å²) in [6.07, 6.45) is 3.24. The average molecular weight is 1310 g/mol. The first-order valence-electron chi connectivity index (χ1n) is 31.0. The van der Waals surface area contributed by atoms with Crippen molar-refractivity contribution in [3.63, 3.8) is 0 Å². The van der Waals surface area contributed by atoms with E-state index in [0.717, 1.165) is 0 Å². The van der Waals surface area contributed by atoms with Gasteiger partial charge in [-0.1, -0.05) is 7.43 Å². The molecule has 9 N–H and O–H groups in total. The Bertz CT molecular complexity index is 2860. The van der Waals surface area contributed by atoms with Crippen LogP contribution in [0.5, 0.6) is 34.5 Å². The molecule has 0 radical (unpaired) electrons. The van der Waals surface area contributed by atoms with Gasteiger partial charge >= 0.3 is 0 Å². The molecule has 3 saturated heterocycles. The van der Waals surface area contributed by atoms with Crippen molar-refractivity contribution >= 4 is 71.0 Å².